The Kier molecular flexibility index (Phi) is 2.65. The van der Waals surface area contributed by atoms with Crippen molar-refractivity contribution in [3.63, 3.8) is 0 Å². The van der Waals surface area contributed by atoms with Crippen LogP contribution in [0.25, 0.3) is 11.0 Å². The van der Waals surface area contributed by atoms with E-state index in [0.717, 1.165) is 11.1 Å². The van der Waals surface area contributed by atoms with Crippen LogP contribution in [-0.2, 0) is 22.3 Å². The Morgan fingerprint density at radius 1 is 1.19 bits per heavy atom. The Balaban J connectivity index is 1.99. The highest BCUT2D eigenvalue weighted by Gasteiger charge is 2.41. The second-order valence-electron chi connectivity index (χ2n) is 5.79. The standard InChI is InChI=1S/C16H16O5/c1-9-6-12(17)14-11-8-16(19-4-5-20-16)3-2-10(11)15(18)21-13(14)7-9/h6-7,17H,2-5,8H2,1H3. The molecule has 1 spiro atoms. The van der Waals surface area contributed by atoms with Gasteiger partial charge in [-0.3, -0.25) is 0 Å². The zero-order valence-corrected chi connectivity index (χ0v) is 11.8. The van der Waals surface area contributed by atoms with Gasteiger partial charge >= 0.3 is 5.63 Å². The molecule has 0 bridgehead atoms. The lowest BCUT2D eigenvalue weighted by Crippen LogP contribution is -2.38. The minimum Gasteiger partial charge on any atom is -0.507 e. The summed E-state index contributed by atoms with van der Waals surface area (Å²) in [6.07, 6.45) is 1.66. The third-order valence-corrected chi connectivity index (χ3v) is 4.36. The Hall–Kier alpha value is -1.85. The van der Waals surface area contributed by atoms with E-state index in [0.29, 0.717) is 49.0 Å². The molecule has 1 aliphatic heterocycles. The Morgan fingerprint density at radius 3 is 2.71 bits per heavy atom. The van der Waals surface area contributed by atoms with E-state index in [4.69, 9.17) is 13.9 Å². The molecule has 0 atom stereocenters. The van der Waals surface area contributed by atoms with Gasteiger partial charge in [-0.2, -0.15) is 0 Å². The lowest BCUT2D eigenvalue weighted by Gasteiger charge is -2.32. The molecule has 0 saturated carbocycles. The predicted octanol–water partition coefficient (Wildman–Crippen LogP) is 2.04. The van der Waals surface area contributed by atoms with E-state index in [-0.39, 0.29) is 11.4 Å². The van der Waals surface area contributed by atoms with Crippen LogP contribution in [0, 0.1) is 6.92 Å². The number of benzene rings is 1. The number of rotatable bonds is 0. The fourth-order valence-corrected chi connectivity index (χ4v) is 3.42. The van der Waals surface area contributed by atoms with Crippen molar-refractivity contribution in [1.29, 1.82) is 0 Å². The van der Waals surface area contributed by atoms with Crippen molar-refractivity contribution in [3.8, 4) is 5.75 Å². The van der Waals surface area contributed by atoms with Crippen LogP contribution in [-0.4, -0.2) is 24.1 Å². The number of ether oxygens (including phenoxy) is 2. The molecule has 2 aliphatic rings. The average Bonchev–Trinajstić information content (AvgIpc) is 2.85. The summed E-state index contributed by atoms with van der Waals surface area (Å²) in [6, 6.07) is 3.45. The van der Waals surface area contributed by atoms with E-state index in [9.17, 15) is 9.90 Å². The summed E-state index contributed by atoms with van der Waals surface area (Å²) in [5.74, 6) is -0.509. The van der Waals surface area contributed by atoms with Crippen molar-refractivity contribution in [2.45, 2.75) is 32.0 Å². The Morgan fingerprint density at radius 2 is 1.95 bits per heavy atom. The van der Waals surface area contributed by atoms with Gasteiger partial charge in [-0.15, -0.1) is 0 Å². The third kappa shape index (κ3) is 1.88. The molecule has 5 nitrogen and oxygen atoms in total. The van der Waals surface area contributed by atoms with Gasteiger partial charge in [0.1, 0.15) is 11.3 Å². The molecule has 1 saturated heterocycles. The maximum atomic E-state index is 12.2. The van der Waals surface area contributed by atoms with Crippen LogP contribution in [0.2, 0.25) is 0 Å². The van der Waals surface area contributed by atoms with Crippen molar-refractivity contribution in [3.05, 3.63) is 39.2 Å². The molecule has 2 aromatic rings. The van der Waals surface area contributed by atoms with Crippen LogP contribution in [0.5, 0.6) is 5.75 Å². The highest BCUT2D eigenvalue weighted by Crippen LogP contribution is 2.39. The fraction of sp³-hybridized carbons (Fsp3) is 0.438. The van der Waals surface area contributed by atoms with Gasteiger partial charge in [0.25, 0.3) is 0 Å². The number of phenols is 1. The van der Waals surface area contributed by atoms with Crippen LogP contribution in [0.3, 0.4) is 0 Å². The highest BCUT2D eigenvalue weighted by atomic mass is 16.7. The molecule has 1 aromatic heterocycles. The lowest BCUT2D eigenvalue weighted by molar-refractivity contribution is -0.163. The number of aromatic hydroxyl groups is 1. The highest BCUT2D eigenvalue weighted by molar-refractivity contribution is 5.88. The van der Waals surface area contributed by atoms with Gasteiger partial charge in [-0.25, -0.2) is 4.79 Å². The van der Waals surface area contributed by atoms with Crippen LogP contribution in [0.4, 0.5) is 0 Å². The normalized spacial score (nSPS) is 20.0. The molecule has 1 aliphatic carbocycles. The van der Waals surface area contributed by atoms with Crippen LogP contribution in [0.15, 0.2) is 21.3 Å². The molecule has 0 unspecified atom stereocenters. The summed E-state index contributed by atoms with van der Waals surface area (Å²) in [4.78, 5) is 12.2. The molecule has 1 fully saturated rings. The minimum absolute atomic E-state index is 0.139. The molecule has 5 heteroatoms. The maximum Gasteiger partial charge on any atom is 0.339 e. The lowest BCUT2D eigenvalue weighted by atomic mass is 9.86. The van der Waals surface area contributed by atoms with E-state index in [1.165, 1.54) is 0 Å². The second kappa shape index (κ2) is 4.32. The molecule has 0 radical (unpaired) electrons. The largest absolute Gasteiger partial charge is 0.507 e. The van der Waals surface area contributed by atoms with E-state index < -0.39 is 5.79 Å². The first-order valence-corrected chi connectivity index (χ1v) is 7.14. The van der Waals surface area contributed by atoms with Gasteiger partial charge in [0, 0.05) is 18.4 Å². The summed E-state index contributed by atoms with van der Waals surface area (Å²) in [6.45, 7) is 2.99. The molecule has 2 heterocycles. The topological polar surface area (TPSA) is 68.9 Å². The summed E-state index contributed by atoms with van der Waals surface area (Å²) >= 11 is 0. The first-order chi connectivity index (χ1) is 10.1. The van der Waals surface area contributed by atoms with Gasteiger partial charge in [-0.1, -0.05) is 0 Å². The van der Waals surface area contributed by atoms with Gasteiger partial charge in [-0.05, 0) is 36.6 Å². The van der Waals surface area contributed by atoms with E-state index in [2.05, 4.69) is 0 Å². The molecule has 1 aromatic carbocycles. The van der Waals surface area contributed by atoms with Crippen molar-refractivity contribution >= 4 is 11.0 Å². The SMILES string of the molecule is Cc1cc(O)c2c3c(c(=O)oc2c1)CCC1(C3)OCCO1. The quantitative estimate of drug-likeness (QED) is 0.751. The van der Waals surface area contributed by atoms with Gasteiger partial charge < -0.3 is 19.0 Å². The Labute approximate surface area is 121 Å². The number of aryl methyl sites for hydroxylation is 1. The zero-order chi connectivity index (χ0) is 14.6. The molecule has 0 amide bonds. The molecular formula is C16H16O5. The van der Waals surface area contributed by atoms with Gasteiger partial charge in [0.2, 0.25) is 0 Å². The van der Waals surface area contributed by atoms with Crippen LogP contribution >= 0.6 is 0 Å². The van der Waals surface area contributed by atoms with E-state index >= 15 is 0 Å². The summed E-state index contributed by atoms with van der Waals surface area (Å²) in [7, 11) is 0. The Bertz CT molecular complexity index is 783. The maximum absolute atomic E-state index is 12.2. The monoisotopic (exact) mass is 288 g/mol. The number of phenolic OH excluding ortho intramolecular Hbond substituents is 1. The molecule has 1 N–H and O–H groups in total. The minimum atomic E-state index is -0.648. The first kappa shape index (κ1) is 12.9. The third-order valence-electron chi connectivity index (χ3n) is 4.36. The first-order valence-electron chi connectivity index (χ1n) is 7.14. The summed E-state index contributed by atoms with van der Waals surface area (Å²) in [5, 5.41) is 10.9. The van der Waals surface area contributed by atoms with Crippen molar-refractivity contribution < 1.29 is 19.0 Å². The predicted molar refractivity (Wildman–Crippen MR) is 75.5 cm³/mol. The number of hydrogen-bond donors (Lipinski definition) is 1. The fourth-order valence-electron chi connectivity index (χ4n) is 3.42. The number of hydrogen-bond acceptors (Lipinski definition) is 5. The molecule has 4 rings (SSSR count). The number of fused-ring (bicyclic) bond motifs is 3. The molecular weight excluding hydrogens is 272 g/mol. The van der Waals surface area contributed by atoms with Gasteiger partial charge in [0.05, 0.1) is 18.6 Å². The van der Waals surface area contributed by atoms with Crippen molar-refractivity contribution in [2.24, 2.45) is 0 Å². The summed E-state index contributed by atoms with van der Waals surface area (Å²) in [5.41, 5.74) is 2.38. The van der Waals surface area contributed by atoms with Crippen molar-refractivity contribution in [1.82, 2.24) is 0 Å². The zero-order valence-electron chi connectivity index (χ0n) is 11.8. The van der Waals surface area contributed by atoms with Crippen molar-refractivity contribution in [2.75, 3.05) is 13.2 Å². The van der Waals surface area contributed by atoms with E-state index in [1.807, 2.05) is 6.92 Å². The summed E-state index contributed by atoms with van der Waals surface area (Å²) < 4.78 is 16.9. The molecule has 110 valence electrons. The van der Waals surface area contributed by atoms with Gasteiger partial charge in [0.15, 0.2) is 5.79 Å². The second-order valence-corrected chi connectivity index (χ2v) is 5.79. The smallest absolute Gasteiger partial charge is 0.339 e. The van der Waals surface area contributed by atoms with Crippen LogP contribution < -0.4 is 5.63 Å². The van der Waals surface area contributed by atoms with E-state index in [1.54, 1.807) is 12.1 Å². The van der Waals surface area contributed by atoms with Crippen LogP contribution in [0.1, 0.15) is 23.1 Å². The molecule has 21 heavy (non-hydrogen) atoms. The average molecular weight is 288 g/mol.